The third-order valence-electron chi connectivity index (χ3n) is 3.71. The van der Waals surface area contributed by atoms with Gasteiger partial charge in [0.15, 0.2) is 0 Å². The molecule has 1 rings (SSSR count). The molecule has 1 aliphatic rings. The predicted octanol–water partition coefficient (Wildman–Crippen LogP) is 1.83. The topological polar surface area (TPSA) is 46.6 Å². The number of hydrogen-bond acceptors (Lipinski definition) is 3. The molecule has 0 aromatic rings. The Labute approximate surface area is 103 Å². The molecule has 1 aliphatic heterocycles. The number of methoxy groups -OCH3 is 1. The Morgan fingerprint density at radius 3 is 2.59 bits per heavy atom. The van der Waals surface area contributed by atoms with Crippen LogP contribution in [0.5, 0.6) is 0 Å². The first-order valence-electron chi connectivity index (χ1n) is 6.29. The number of hydrogen-bond donors (Lipinski definition) is 0. The van der Waals surface area contributed by atoms with Gasteiger partial charge in [0.2, 0.25) is 5.91 Å². The third kappa shape index (κ3) is 3.20. The molecule has 0 N–H and O–H groups in total. The van der Waals surface area contributed by atoms with Crippen molar-refractivity contribution in [1.82, 2.24) is 4.90 Å². The largest absolute Gasteiger partial charge is 0.469 e. The van der Waals surface area contributed by atoms with E-state index in [-0.39, 0.29) is 23.2 Å². The minimum atomic E-state index is -0.335. The van der Waals surface area contributed by atoms with Crippen molar-refractivity contribution in [2.45, 2.75) is 40.0 Å². The van der Waals surface area contributed by atoms with Crippen molar-refractivity contribution in [3.8, 4) is 0 Å². The molecule has 0 radical (unpaired) electrons. The number of nitrogens with zero attached hydrogens (tertiary/aromatic N) is 1. The molecule has 0 spiro atoms. The van der Waals surface area contributed by atoms with E-state index in [1.165, 1.54) is 7.11 Å². The maximum Gasteiger partial charge on any atom is 0.310 e. The summed E-state index contributed by atoms with van der Waals surface area (Å²) in [5.41, 5.74) is -0.335. The predicted molar refractivity (Wildman–Crippen MR) is 65.4 cm³/mol. The van der Waals surface area contributed by atoms with Gasteiger partial charge in [-0.2, -0.15) is 0 Å². The number of carbonyl (C=O) groups is 2. The van der Waals surface area contributed by atoms with E-state index in [1.54, 1.807) is 0 Å². The monoisotopic (exact) mass is 241 g/mol. The van der Waals surface area contributed by atoms with Crippen molar-refractivity contribution < 1.29 is 14.3 Å². The van der Waals surface area contributed by atoms with E-state index >= 15 is 0 Å². The summed E-state index contributed by atoms with van der Waals surface area (Å²) >= 11 is 0. The molecule has 98 valence electrons. The van der Waals surface area contributed by atoms with Crippen molar-refractivity contribution in [2.75, 3.05) is 20.2 Å². The van der Waals surface area contributed by atoms with E-state index in [0.717, 1.165) is 25.8 Å². The Morgan fingerprint density at radius 1 is 1.41 bits per heavy atom. The summed E-state index contributed by atoms with van der Waals surface area (Å²) in [6, 6.07) is 0. The van der Waals surface area contributed by atoms with Gasteiger partial charge in [0.05, 0.1) is 13.0 Å². The molecule has 0 aromatic heterocycles. The fourth-order valence-electron chi connectivity index (χ4n) is 2.10. The summed E-state index contributed by atoms with van der Waals surface area (Å²) < 4.78 is 4.75. The van der Waals surface area contributed by atoms with Crippen molar-refractivity contribution in [1.29, 1.82) is 0 Å². The van der Waals surface area contributed by atoms with Gasteiger partial charge in [0, 0.05) is 18.5 Å². The summed E-state index contributed by atoms with van der Waals surface area (Å²) in [5.74, 6) is -0.198. The molecular formula is C13H23NO3. The lowest BCUT2D eigenvalue weighted by Crippen LogP contribution is -2.47. The lowest BCUT2D eigenvalue weighted by Gasteiger charge is -2.36. The van der Waals surface area contributed by atoms with Gasteiger partial charge in [0.25, 0.3) is 0 Å². The molecule has 1 fully saturated rings. The zero-order chi connectivity index (χ0) is 13.1. The zero-order valence-corrected chi connectivity index (χ0v) is 11.3. The number of amides is 1. The number of ether oxygens (including phenoxy) is 1. The lowest BCUT2D eigenvalue weighted by molar-refractivity contribution is -0.151. The number of carbonyl (C=O) groups excluding carboxylic acids is 2. The highest BCUT2D eigenvalue weighted by atomic mass is 16.5. The fraction of sp³-hybridized carbons (Fsp3) is 0.846. The number of rotatable bonds is 3. The van der Waals surface area contributed by atoms with Crippen LogP contribution in [0.2, 0.25) is 0 Å². The molecule has 0 aliphatic carbocycles. The quantitative estimate of drug-likeness (QED) is 0.708. The third-order valence-corrected chi connectivity index (χ3v) is 3.71. The van der Waals surface area contributed by atoms with Crippen LogP contribution in [0.15, 0.2) is 0 Å². The first-order valence-corrected chi connectivity index (χ1v) is 6.29. The summed E-state index contributed by atoms with van der Waals surface area (Å²) in [5, 5.41) is 0. The van der Waals surface area contributed by atoms with Crippen molar-refractivity contribution >= 4 is 11.9 Å². The van der Waals surface area contributed by atoms with E-state index in [9.17, 15) is 9.59 Å². The Kier molecular flexibility index (Phi) is 4.54. The second-order valence-corrected chi connectivity index (χ2v) is 5.35. The molecule has 4 heteroatoms. The maximum atomic E-state index is 12.3. The molecule has 17 heavy (non-hydrogen) atoms. The maximum absolute atomic E-state index is 12.3. The van der Waals surface area contributed by atoms with Gasteiger partial charge in [0.1, 0.15) is 0 Å². The minimum Gasteiger partial charge on any atom is -0.469 e. The van der Waals surface area contributed by atoms with Crippen LogP contribution < -0.4 is 0 Å². The van der Waals surface area contributed by atoms with Gasteiger partial charge in [-0.3, -0.25) is 9.59 Å². The molecule has 0 bridgehead atoms. The Balaban J connectivity index is 2.67. The Bertz CT molecular complexity index is 299. The average molecular weight is 241 g/mol. The van der Waals surface area contributed by atoms with E-state index in [2.05, 4.69) is 0 Å². The van der Waals surface area contributed by atoms with E-state index in [1.807, 2.05) is 25.7 Å². The van der Waals surface area contributed by atoms with Crippen molar-refractivity contribution in [3.05, 3.63) is 0 Å². The molecule has 0 aromatic carbocycles. The number of likely N-dealkylation sites (tertiary alicyclic amines) is 1. The SMILES string of the molecule is CCC(C)(C)C(=O)N1CCC[C@H](C(=O)OC)C1. The summed E-state index contributed by atoms with van der Waals surface area (Å²) in [4.78, 5) is 25.6. The molecule has 1 heterocycles. The minimum absolute atomic E-state index is 0.147. The van der Waals surface area contributed by atoms with Gasteiger partial charge in [-0.05, 0) is 19.3 Å². The van der Waals surface area contributed by atoms with Crippen molar-refractivity contribution in [2.24, 2.45) is 11.3 Å². The first kappa shape index (κ1) is 14.0. The van der Waals surface area contributed by atoms with Gasteiger partial charge in [-0.25, -0.2) is 0 Å². The average Bonchev–Trinajstić information content (AvgIpc) is 2.36. The van der Waals surface area contributed by atoms with Crippen LogP contribution in [-0.2, 0) is 14.3 Å². The van der Waals surface area contributed by atoms with E-state index in [4.69, 9.17) is 4.74 Å². The highest BCUT2D eigenvalue weighted by molar-refractivity contribution is 5.83. The van der Waals surface area contributed by atoms with Crippen LogP contribution in [0.3, 0.4) is 0 Å². The summed E-state index contributed by atoms with van der Waals surface area (Å²) in [6.07, 6.45) is 2.51. The molecule has 0 saturated carbocycles. The number of piperidine rings is 1. The zero-order valence-electron chi connectivity index (χ0n) is 11.3. The lowest BCUT2D eigenvalue weighted by atomic mass is 9.87. The van der Waals surface area contributed by atoms with Crippen molar-refractivity contribution in [3.63, 3.8) is 0 Å². The fourth-order valence-corrected chi connectivity index (χ4v) is 2.10. The van der Waals surface area contributed by atoms with Crippen LogP contribution in [-0.4, -0.2) is 37.0 Å². The van der Waals surface area contributed by atoms with Crippen LogP contribution in [0.25, 0.3) is 0 Å². The summed E-state index contributed by atoms with van der Waals surface area (Å²) in [7, 11) is 1.40. The van der Waals surface area contributed by atoms with Crippen LogP contribution >= 0.6 is 0 Å². The standard InChI is InChI=1S/C13H23NO3/c1-5-13(2,3)12(16)14-8-6-7-10(9-14)11(15)17-4/h10H,5-9H2,1-4H3/t10-/m0/s1. The molecule has 4 nitrogen and oxygen atoms in total. The second kappa shape index (κ2) is 5.52. The second-order valence-electron chi connectivity index (χ2n) is 5.35. The van der Waals surface area contributed by atoms with Gasteiger partial charge in [-0.15, -0.1) is 0 Å². The van der Waals surface area contributed by atoms with E-state index in [0.29, 0.717) is 6.54 Å². The molecule has 1 amide bonds. The highest BCUT2D eigenvalue weighted by Gasteiger charge is 2.35. The van der Waals surface area contributed by atoms with Gasteiger partial charge < -0.3 is 9.64 Å². The van der Waals surface area contributed by atoms with Crippen LogP contribution in [0.4, 0.5) is 0 Å². The number of esters is 1. The van der Waals surface area contributed by atoms with Crippen LogP contribution in [0.1, 0.15) is 40.0 Å². The smallest absolute Gasteiger partial charge is 0.310 e. The van der Waals surface area contributed by atoms with Gasteiger partial charge >= 0.3 is 5.97 Å². The highest BCUT2D eigenvalue weighted by Crippen LogP contribution is 2.26. The van der Waals surface area contributed by atoms with Crippen LogP contribution in [0, 0.1) is 11.3 Å². The van der Waals surface area contributed by atoms with Gasteiger partial charge in [-0.1, -0.05) is 20.8 Å². The first-order chi connectivity index (χ1) is 7.92. The summed E-state index contributed by atoms with van der Waals surface area (Å²) in [6.45, 7) is 7.19. The molecule has 0 unspecified atom stereocenters. The molecule has 1 saturated heterocycles. The molecular weight excluding hydrogens is 218 g/mol. The Morgan fingerprint density at radius 2 is 2.06 bits per heavy atom. The normalized spacial score (nSPS) is 21.2. The molecule has 1 atom stereocenters. The Hall–Kier alpha value is -1.06. The van der Waals surface area contributed by atoms with E-state index < -0.39 is 0 Å².